The molecular formula is C25H27N3O6. The Morgan fingerprint density at radius 3 is 2.62 bits per heavy atom. The zero-order valence-corrected chi connectivity index (χ0v) is 19.1. The van der Waals surface area contributed by atoms with Crippen LogP contribution in [0.3, 0.4) is 0 Å². The van der Waals surface area contributed by atoms with Gasteiger partial charge in [-0.15, -0.1) is 0 Å². The van der Waals surface area contributed by atoms with Crippen molar-refractivity contribution >= 4 is 17.7 Å². The highest BCUT2D eigenvalue weighted by atomic mass is 16.6. The van der Waals surface area contributed by atoms with Gasteiger partial charge in [0.05, 0.1) is 6.42 Å². The van der Waals surface area contributed by atoms with E-state index < -0.39 is 24.3 Å². The topological polar surface area (TPSA) is 124 Å². The van der Waals surface area contributed by atoms with E-state index in [9.17, 15) is 9.59 Å². The van der Waals surface area contributed by atoms with Crippen molar-refractivity contribution in [2.45, 2.75) is 51.7 Å². The first-order valence-corrected chi connectivity index (χ1v) is 11.2. The van der Waals surface area contributed by atoms with Crippen LogP contribution in [0.5, 0.6) is 5.88 Å². The average Bonchev–Trinajstić information content (AvgIpc) is 3.56. The van der Waals surface area contributed by atoms with Crippen molar-refractivity contribution in [2.24, 2.45) is 5.92 Å². The van der Waals surface area contributed by atoms with E-state index in [2.05, 4.69) is 15.5 Å². The molecule has 3 aromatic rings. The zero-order chi connectivity index (χ0) is 24.1. The summed E-state index contributed by atoms with van der Waals surface area (Å²) in [6.07, 6.45) is 2.90. The standard InChI is InChI=1S/C25H27N3O6/c1-15-23(27-25(31)32-16(2)18-6-4-3-5-7-18)24(34-28-15)19-10-11-21(26-14-19)33-20(13-22(29)30)12-17-8-9-17/h3-7,10-11,14,16-17,20H,8-9,12-13H2,1-2H3,(H,27,31)(H,29,30). The lowest BCUT2D eigenvalue weighted by atomic mass is 10.1. The molecule has 1 fully saturated rings. The molecule has 1 saturated carbocycles. The van der Waals surface area contributed by atoms with Gasteiger partial charge in [-0.3, -0.25) is 10.1 Å². The van der Waals surface area contributed by atoms with E-state index in [0.717, 1.165) is 18.4 Å². The molecule has 0 aliphatic heterocycles. The Morgan fingerprint density at radius 1 is 1.21 bits per heavy atom. The lowest BCUT2D eigenvalue weighted by Gasteiger charge is -2.16. The molecule has 9 heteroatoms. The van der Waals surface area contributed by atoms with Gasteiger partial charge in [-0.25, -0.2) is 9.78 Å². The number of nitrogens with one attached hydrogen (secondary N) is 1. The maximum atomic E-state index is 12.5. The second-order valence-corrected chi connectivity index (χ2v) is 8.46. The fraction of sp³-hybridized carbons (Fsp3) is 0.360. The van der Waals surface area contributed by atoms with Crippen LogP contribution < -0.4 is 10.1 Å². The summed E-state index contributed by atoms with van der Waals surface area (Å²) in [7, 11) is 0. The van der Waals surface area contributed by atoms with E-state index >= 15 is 0 Å². The molecule has 0 radical (unpaired) electrons. The minimum Gasteiger partial charge on any atom is -0.481 e. The molecule has 1 amide bonds. The van der Waals surface area contributed by atoms with Crippen LogP contribution in [0.25, 0.3) is 11.3 Å². The molecule has 4 rings (SSSR count). The molecule has 1 aliphatic rings. The van der Waals surface area contributed by atoms with Crippen LogP contribution in [0, 0.1) is 12.8 Å². The summed E-state index contributed by atoms with van der Waals surface area (Å²) < 4.78 is 16.7. The van der Waals surface area contributed by atoms with Gasteiger partial charge in [-0.2, -0.15) is 0 Å². The van der Waals surface area contributed by atoms with Crippen LogP contribution in [-0.2, 0) is 9.53 Å². The Balaban J connectivity index is 1.42. The molecule has 1 aromatic carbocycles. The number of nitrogens with zero attached hydrogens (tertiary/aromatic N) is 2. The maximum absolute atomic E-state index is 12.5. The van der Waals surface area contributed by atoms with Crippen molar-refractivity contribution in [3.05, 3.63) is 59.9 Å². The van der Waals surface area contributed by atoms with Crippen LogP contribution in [0.15, 0.2) is 53.2 Å². The Hall–Kier alpha value is -3.88. The number of carboxylic acids is 1. The quantitative estimate of drug-likeness (QED) is 0.409. The number of carboxylic acid groups (broad SMARTS) is 1. The van der Waals surface area contributed by atoms with Gasteiger partial charge in [0.15, 0.2) is 5.76 Å². The van der Waals surface area contributed by atoms with E-state index in [-0.39, 0.29) is 6.42 Å². The van der Waals surface area contributed by atoms with E-state index in [1.54, 1.807) is 26.0 Å². The van der Waals surface area contributed by atoms with E-state index in [1.165, 1.54) is 6.20 Å². The van der Waals surface area contributed by atoms with Crippen LogP contribution in [0.2, 0.25) is 0 Å². The Labute approximate surface area is 197 Å². The number of amides is 1. The largest absolute Gasteiger partial charge is 0.481 e. The first-order chi connectivity index (χ1) is 16.4. The van der Waals surface area contributed by atoms with Crippen molar-refractivity contribution in [3.63, 3.8) is 0 Å². The second kappa shape index (κ2) is 10.4. The highest BCUT2D eigenvalue weighted by molar-refractivity contribution is 5.90. The number of ether oxygens (including phenoxy) is 2. The smallest absolute Gasteiger partial charge is 0.412 e. The number of benzene rings is 1. The third-order valence-electron chi connectivity index (χ3n) is 5.62. The van der Waals surface area contributed by atoms with Gasteiger partial charge in [0, 0.05) is 17.8 Å². The minimum absolute atomic E-state index is 0.0706. The first-order valence-electron chi connectivity index (χ1n) is 11.2. The summed E-state index contributed by atoms with van der Waals surface area (Å²) in [6, 6.07) is 12.8. The maximum Gasteiger partial charge on any atom is 0.412 e. The lowest BCUT2D eigenvalue weighted by Crippen LogP contribution is -2.21. The van der Waals surface area contributed by atoms with Gasteiger partial charge in [0.25, 0.3) is 0 Å². The van der Waals surface area contributed by atoms with E-state index in [1.807, 2.05) is 30.3 Å². The summed E-state index contributed by atoms with van der Waals surface area (Å²) in [6.45, 7) is 3.50. The van der Waals surface area contributed by atoms with Crippen LogP contribution in [-0.4, -0.2) is 33.4 Å². The number of anilines is 1. The number of rotatable bonds is 10. The number of aliphatic carboxylic acids is 1. The molecule has 0 spiro atoms. The number of pyridine rings is 1. The Kier molecular flexibility index (Phi) is 7.10. The van der Waals surface area contributed by atoms with Gasteiger partial charge >= 0.3 is 12.1 Å². The van der Waals surface area contributed by atoms with Crippen LogP contribution in [0.4, 0.5) is 10.5 Å². The van der Waals surface area contributed by atoms with Crippen molar-refractivity contribution in [3.8, 4) is 17.2 Å². The molecule has 2 atom stereocenters. The van der Waals surface area contributed by atoms with Gasteiger partial charge in [-0.05, 0) is 37.8 Å². The van der Waals surface area contributed by atoms with Crippen molar-refractivity contribution in [1.82, 2.24) is 10.1 Å². The monoisotopic (exact) mass is 465 g/mol. The molecule has 0 bridgehead atoms. The molecular weight excluding hydrogens is 438 g/mol. The molecule has 2 aromatic heterocycles. The molecule has 178 valence electrons. The number of aryl methyl sites for hydroxylation is 1. The Bertz CT molecular complexity index is 1130. The van der Waals surface area contributed by atoms with Gasteiger partial charge in [-0.1, -0.05) is 48.3 Å². The minimum atomic E-state index is -0.899. The van der Waals surface area contributed by atoms with E-state index in [4.69, 9.17) is 19.1 Å². The predicted octanol–water partition coefficient (Wildman–Crippen LogP) is 5.38. The number of hydrogen-bond acceptors (Lipinski definition) is 7. The van der Waals surface area contributed by atoms with Crippen molar-refractivity contribution in [1.29, 1.82) is 0 Å². The van der Waals surface area contributed by atoms with Crippen molar-refractivity contribution < 1.29 is 28.7 Å². The zero-order valence-electron chi connectivity index (χ0n) is 19.1. The summed E-state index contributed by atoms with van der Waals surface area (Å²) in [5, 5.41) is 15.8. The van der Waals surface area contributed by atoms with Crippen molar-refractivity contribution in [2.75, 3.05) is 5.32 Å². The fourth-order valence-corrected chi connectivity index (χ4v) is 3.65. The number of carbonyl (C=O) groups is 2. The molecule has 9 nitrogen and oxygen atoms in total. The van der Waals surface area contributed by atoms with Gasteiger partial charge in [0.1, 0.15) is 23.6 Å². The number of carbonyl (C=O) groups excluding carboxylic acids is 1. The highest BCUT2D eigenvalue weighted by Crippen LogP contribution is 2.36. The fourth-order valence-electron chi connectivity index (χ4n) is 3.65. The van der Waals surface area contributed by atoms with Crippen LogP contribution >= 0.6 is 0 Å². The number of aromatic nitrogens is 2. The molecule has 2 N–H and O–H groups in total. The van der Waals surface area contributed by atoms with Gasteiger partial charge in [0.2, 0.25) is 5.88 Å². The predicted molar refractivity (Wildman–Crippen MR) is 123 cm³/mol. The summed E-state index contributed by atoms with van der Waals surface area (Å²) >= 11 is 0. The normalized spacial score (nSPS) is 14.8. The van der Waals surface area contributed by atoms with Gasteiger partial charge < -0.3 is 19.1 Å². The average molecular weight is 466 g/mol. The molecule has 2 unspecified atom stereocenters. The summed E-state index contributed by atoms with van der Waals surface area (Å²) in [5.74, 6) is 0.292. The lowest BCUT2D eigenvalue weighted by molar-refractivity contribution is -0.139. The van der Waals surface area contributed by atoms with Crippen LogP contribution in [0.1, 0.15) is 50.0 Å². The number of hydrogen-bond donors (Lipinski definition) is 2. The second-order valence-electron chi connectivity index (χ2n) is 8.46. The summed E-state index contributed by atoms with van der Waals surface area (Å²) in [5.41, 5.74) is 2.34. The third-order valence-corrected chi connectivity index (χ3v) is 5.62. The molecule has 0 saturated heterocycles. The highest BCUT2D eigenvalue weighted by Gasteiger charge is 2.28. The molecule has 34 heavy (non-hydrogen) atoms. The SMILES string of the molecule is Cc1noc(-c2ccc(OC(CC(=O)O)CC3CC3)nc2)c1NC(=O)OC(C)c1ccccc1. The van der Waals surface area contributed by atoms with E-state index in [0.29, 0.717) is 40.9 Å². The Morgan fingerprint density at radius 2 is 1.97 bits per heavy atom. The molecule has 1 aliphatic carbocycles. The summed E-state index contributed by atoms with van der Waals surface area (Å²) in [4.78, 5) is 28.0. The third kappa shape index (κ3) is 6.12. The first kappa shape index (κ1) is 23.3. The molecule has 2 heterocycles.